The minimum Gasteiger partial charge on any atom is -0.364 e. The molecule has 4 unspecified atom stereocenters. The molecule has 7 N–H and O–H groups in total. The van der Waals surface area contributed by atoms with E-state index in [0.717, 1.165) is 0 Å². The van der Waals surface area contributed by atoms with Gasteiger partial charge in [-0.3, -0.25) is 19.5 Å². The molecule has 17 nitrogen and oxygen atoms in total. The van der Waals surface area contributed by atoms with Crippen LogP contribution in [0.4, 0.5) is 4.79 Å². The van der Waals surface area contributed by atoms with E-state index >= 15 is 0 Å². The van der Waals surface area contributed by atoms with E-state index in [1.165, 1.54) is 26.5 Å². The largest absolute Gasteiger partial charge is 0.487 e. The second-order valence-corrected chi connectivity index (χ2v) is 22.3. The van der Waals surface area contributed by atoms with Gasteiger partial charge in [-0.1, -0.05) is 75.8 Å². The van der Waals surface area contributed by atoms with Gasteiger partial charge in [0.05, 0.1) is 12.7 Å². The third kappa shape index (κ3) is 17.3. The fraction of sp³-hybridized carbons (Fsp3) is 0.783. The lowest BCUT2D eigenvalue weighted by atomic mass is 10.1. The zero-order valence-corrected chi connectivity index (χ0v) is 32.3. The van der Waals surface area contributed by atoms with Gasteiger partial charge < -0.3 is 39.5 Å². The lowest BCUT2D eigenvalue weighted by Crippen LogP contribution is -2.57. The molecular weight excluding hydrogens is 763 g/mol. The number of nitrogens with zero attached hydrogens (tertiary/aromatic N) is 1. The fourth-order valence-electron chi connectivity index (χ4n) is 3.53. The van der Waals surface area contributed by atoms with Crippen LogP contribution in [0.15, 0.2) is 0 Å². The van der Waals surface area contributed by atoms with E-state index < -0.39 is 66.1 Å². The Balaban J connectivity index is 2.06. The smallest absolute Gasteiger partial charge is 0.364 e. The molecule has 47 heavy (non-hydrogen) atoms. The summed E-state index contributed by atoms with van der Waals surface area (Å²) in [6.45, 7) is 9.77. The number of nitrogens with one attached hydrogen (secondary N) is 1. The number of urea groups is 1. The van der Waals surface area contributed by atoms with Crippen LogP contribution in [0.1, 0.15) is 41.0 Å². The van der Waals surface area contributed by atoms with Gasteiger partial charge in [0.2, 0.25) is 5.91 Å². The normalized spacial score (nSPS) is 25.1. The molecule has 0 aromatic rings. The van der Waals surface area contributed by atoms with Gasteiger partial charge in [0, 0.05) is 29.0 Å². The molecule has 3 amide bonds. The van der Waals surface area contributed by atoms with Gasteiger partial charge in [0.15, 0.2) is 0 Å². The Labute approximate surface area is 290 Å². The van der Waals surface area contributed by atoms with Crippen molar-refractivity contribution in [1.82, 2.24) is 10.2 Å². The van der Waals surface area contributed by atoms with E-state index in [4.69, 9.17) is 34.3 Å². The molecule has 2 aliphatic rings. The van der Waals surface area contributed by atoms with Crippen LogP contribution in [0.5, 0.6) is 0 Å². The molecule has 0 aliphatic carbocycles. The summed E-state index contributed by atoms with van der Waals surface area (Å²) >= 11 is 0. The summed E-state index contributed by atoms with van der Waals surface area (Å²) in [5, 5.41) is 2.25. The van der Waals surface area contributed by atoms with E-state index in [1.807, 2.05) is 34.6 Å². The molecule has 2 heterocycles. The van der Waals surface area contributed by atoms with Crippen LogP contribution >= 0.6 is 66.4 Å². The van der Waals surface area contributed by atoms with Crippen molar-refractivity contribution in [2.75, 3.05) is 38.2 Å². The third-order valence-corrected chi connectivity index (χ3v) is 15.5. The number of carbonyl (C=O) groups excluding carboxylic acids is 2. The summed E-state index contributed by atoms with van der Waals surface area (Å²) in [4.78, 5) is 64.4. The summed E-state index contributed by atoms with van der Waals surface area (Å²) < 4.78 is 54.4. The SMILES string of the molecule is C=P(O)(O)OP(=O)(O)OP(=O)(O)OC[C@H]1O[C@@H](N2CC(C#CCOCSSC(C)(C)CN)C(=O)NC2=O)CC1OCSSC(C)(C)C. The number of phosphoric ester groups is 1. The van der Waals surface area contributed by atoms with Gasteiger partial charge in [-0.2, -0.15) is 4.31 Å². The lowest BCUT2D eigenvalue weighted by Gasteiger charge is -2.33. The van der Waals surface area contributed by atoms with Gasteiger partial charge in [-0.25, -0.2) is 18.2 Å². The van der Waals surface area contributed by atoms with Crippen molar-refractivity contribution < 1.29 is 65.6 Å². The average molecular weight is 806 g/mol. The fourth-order valence-corrected chi connectivity index (χ4v) is 10.9. The van der Waals surface area contributed by atoms with Gasteiger partial charge in [0.1, 0.15) is 36.7 Å². The molecule has 272 valence electrons. The molecule has 0 aromatic heterocycles. The summed E-state index contributed by atoms with van der Waals surface area (Å²) in [6, 6.07) is -0.745. The molecule has 24 heteroatoms. The monoisotopic (exact) mass is 805 g/mol. The minimum atomic E-state index is -5.48. The first-order valence-corrected chi connectivity index (χ1v) is 23.1. The Bertz CT molecular complexity index is 1290. The maximum absolute atomic E-state index is 12.8. The number of imide groups is 1. The topological polar surface area (TPSA) is 246 Å². The molecular formula is C23H42N3O14P3S4. The first-order chi connectivity index (χ1) is 21.5. The number of hydrogen-bond donors (Lipinski definition) is 6. The van der Waals surface area contributed by atoms with Crippen molar-refractivity contribution in [2.24, 2.45) is 11.7 Å². The molecule has 0 bridgehead atoms. The van der Waals surface area contributed by atoms with Crippen LogP contribution in [0.3, 0.4) is 0 Å². The molecule has 6 atom stereocenters. The Kier molecular flexibility index (Phi) is 17.2. The molecule has 2 aliphatic heterocycles. The number of nitrogens with two attached hydrogens (primary N) is 1. The van der Waals surface area contributed by atoms with Crippen LogP contribution < -0.4 is 11.1 Å². The van der Waals surface area contributed by atoms with Gasteiger partial charge in [-0.15, -0.1) is 0 Å². The number of hydrogen-bond acceptors (Lipinski definition) is 17. The highest BCUT2D eigenvalue weighted by Gasteiger charge is 2.46. The molecule has 2 rings (SSSR count). The Morgan fingerprint density at radius 3 is 2.34 bits per heavy atom. The van der Waals surface area contributed by atoms with E-state index in [0.29, 0.717) is 12.5 Å². The molecule has 0 spiro atoms. The van der Waals surface area contributed by atoms with Crippen molar-refractivity contribution >= 4 is 84.6 Å². The Morgan fingerprint density at radius 1 is 1.06 bits per heavy atom. The summed E-state index contributed by atoms with van der Waals surface area (Å²) in [5.74, 6) is 4.61. The summed E-state index contributed by atoms with van der Waals surface area (Å²) in [7, 11) is -9.38. The standard InChI is InChI=1S/C23H42N3O14P3S4/c1-22(2,3)46-45-15-36-17-10-19(38-18(17)12-37-42(31,32)40-43(33,34)39-41(6,29)30)26-11-16(20(27)25-21(26)28)8-7-9-35-14-44-47-23(4,5)13-24/h16-19,29-30H,6,9-15,24H2,1-5H3,(H,31,32)(H,33,34)(H,25,27,28)/t16?,17?,18-,19-/m1/s1. The maximum Gasteiger partial charge on any atom is 0.487 e. The quantitative estimate of drug-likeness (QED) is 0.0382. The highest BCUT2D eigenvalue weighted by Crippen LogP contribution is 2.66. The second-order valence-electron chi connectivity index (χ2n) is 11.5. The zero-order valence-electron chi connectivity index (χ0n) is 26.3. The number of carbonyl (C=O) groups is 2. The van der Waals surface area contributed by atoms with E-state index in [2.05, 4.69) is 32.1 Å². The van der Waals surface area contributed by atoms with Gasteiger partial charge in [0.25, 0.3) is 7.57 Å². The van der Waals surface area contributed by atoms with E-state index in [1.54, 1.807) is 21.6 Å². The highest BCUT2D eigenvalue weighted by molar-refractivity contribution is 8.77. The summed E-state index contributed by atoms with van der Waals surface area (Å²) in [5.41, 5.74) is 5.71. The maximum atomic E-state index is 12.8. The molecule has 0 saturated carbocycles. The minimum absolute atomic E-state index is 0.0526. The predicted molar refractivity (Wildman–Crippen MR) is 185 cm³/mol. The predicted octanol–water partition coefficient (Wildman–Crippen LogP) is 3.32. The van der Waals surface area contributed by atoms with Gasteiger partial charge >= 0.3 is 21.7 Å². The highest BCUT2D eigenvalue weighted by atomic mass is 33.1. The van der Waals surface area contributed by atoms with Crippen molar-refractivity contribution in [3.05, 3.63) is 0 Å². The van der Waals surface area contributed by atoms with Crippen LogP contribution in [-0.4, -0.2) is 109 Å². The number of amides is 3. The summed E-state index contributed by atoms with van der Waals surface area (Å²) in [6.07, 6.45) is -0.0908. The molecule has 0 radical (unpaired) electrons. The third-order valence-electron chi connectivity index (χ3n) is 5.55. The first-order valence-electron chi connectivity index (χ1n) is 13.7. The molecule has 2 fully saturated rings. The molecule has 2 saturated heterocycles. The van der Waals surface area contributed by atoms with Crippen LogP contribution in [0.2, 0.25) is 0 Å². The first kappa shape index (κ1) is 43.4. The second kappa shape index (κ2) is 18.6. The Morgan fingerprint density at radius 2 is 1.72 bits per heavy atom. The number of ether oxygens (including phenoxy) is 3. The van der Waals surface area contributed by atoms with Gasteiger partial charge in [-0.05, 0) is 20.1 Å². The number of rotatable bonds is 18. The van der Waals surface area contributed by atoms with Crippen LogP contribution in [-0.2, 0) is 41.3 Å². The average Bonchev–Trinajstić information content (AvgIpc) is 3.30. The van der Waals surface area contributed by atoms with Crippen LogP contribution in [0, 0.1) is 17.8 Å². The van der Waals surface area contributed by atoms with Crippen molar-refractivity contribution in [1.29, 1.82) is 0 Å². The zero-order chi connectivity index (χ0) is 35.7. The van der Waals surface area contributed by atoms with Crippen molar-refractivity contribution in [3.8, 4) is 11.8 Å². The van der Waals surface area contributed by atoms with E-state index in [-0.39, 0.29) is 35.0 Å². The van der Waals surface area contributed by atoms with Crippen LogP contribution in [0.25, 0.3) is 0 Å². The molecule has 0 aromatic carbocycles. The van der Waals surface area contributed by atoms with E-state index in [9.17, 15) is 28.5 Å². The lowest BCUT2D eigenvalue weighted by molar-refractivity contribution is -0.127. The van der Waals surface area contributed by atoms with Crippen molar-refractivity contribution in [2.45, 2.75) is 69.0 Å². The number of phosphoric acid groups is 2. The Hall–Kier alpha value is 0.220. The van der Waals surface area contributed by atoms with Crippen molar-refractivity contribution in [3.63, 3.8) is 0 Å².